The topological polar surface area (TPSA) is 56.5 Å². The summed E-state index contributed by atoms with van der Waals surface area (Å²) in [5, 5.41) is 4.92. The van der Waals surface area contributed by atoms with Gasteiger partial charge in [0.25, 0.3) is 5.56 Å². The van der Waals surface area contributed by atoms with E-state index in [0.29, 0.717) is 20.3 Å². The van der Waals surface area contributed by atoms with Gasteiger partial charge in [0.1, 0.15) is 5.75 Å². The van der Waals surface area contributed by atoms with Gasteiger partial charge in [0.05, 0.1) is 11.6 Å². The van der Waals surface area contributed by atoms with Gasteiger partial charge in [-0.15, -0.1) is 5.10 Å². The SMILES string of the molecule is COc1ccc(/C=c2/sc3nc(-c4cccc(Cl)c4)nn3c2=O)cc1. The van der Waals surface area contributed by atoms with Crippen molar-refractivity contribution in [3.8, 4) is 17.1 Å². The van der Waals surface area contributed by atoms with E-state index in [1.807, 2.05) is 42.5 Å². The van der Waals surface area contributed by atoms with Gasteiger partial charge in [-0.2, -0.15) is 9.50 Å². The number of fused-ring (bicyclic) bond motifs is 1. The smallest absolute Gasteiger partial charge is 0.291 e. The molecule has 0 saturated heterocycles. The third kappa shape index (κ3) is 3.01. The number of hydrogen-bond donors (Lipinski definition) is 0. The lowest BCUT2D eigenvalue weighted by Crippen LogP contribution is -2.23. The number of hydrogen-bond acceptors (Lipinski definition) is 5. The highest BCUT2D eigenvalue weighted by atomic mass is 35.5. The van der Waals surface area contributed by atoms with E-state index in [-0.39, 0.29) is 5.56 Å². The number of halogens is 1. The molecule has 0 aliphatic carbocycles. The molecule has 2 aromatic carbocycles. The van der Waals surface area contributed by atoms with E-state index in [2.05, 4.69) is 10.1 Å². The number of ether oxygens (including phenoxy) is 1. The minimum atomic E-state index is -0.184. The van der Waals surface area contributed by atoms with Gasteiger partial charge in [0.2, 0.25) is 4.96 Å². The first-order valence-electron chi connectivity index (χ1n) is 7.45. The van der Waals surface area contributed by atoms with E-state index < -0.39 is 0 Å². The molecule has 0 aliphatic rings. The van der Waals surface area contributed by atoms with Gasteiger partial charge in [0.15, 0.2) is 5.82 Å². The standard InChI is InChI=1S/C18H12ClN3O2S/c1-24-14-7-5-11(6-8-14)9-15-17(23)22-18(25-15)20-16(21-22)12-3-2-4-13(19)10-12/h2-10H,1H3/b15-9+. The molecule has 4 aromatic rings. The first kappa shape index (κ1) is 15.8. The number of rotatable bonds is 3. The van der Waals surface area contributed by atoms with Crippen LogP contribution in [0.1, 0.15) is 5.56 Å². The van der Waals surface area contributed by atoms with Crippen LogP contribution in [-0.4, -0.2) is 21.7 Å². The largest absolute Gasteiger partial charge is 0.497 e. The second-order valence-corrected chi connectivity index (χ2v) is 6.77. The van der Waals surface area contributed by atoms with Gasteiger partial charge >= 0.3 is 0 Å². The zero-order valence-corrected chi connectivity index (χ0v) is 14.7. The molecule has 0 N–H and O–H groups in total. The highest BCUT2D eigenvalue weighted by Crippen LogP contribution is 2.20. The van der Waals surface area contributed by atoms with Crippen molar-refractivity contribution in [1.82, 2.24) is 14.6 Å². The summed E-state index contributed by atoms with van der Waals surface area (Å²) < 4.78 is 7.05. The fraction of sp³-hybridized carbons (Fsp3) is 0.0556. The fourth-order valence-corrected chi connectivity index (χ4v) is 3.53. The maximum absolute atomic E-state index is 12.6. The Balaban J connectivity index is 1.77. The molecule has 7 heteroatoms. The first-order valence-corrected chi connectivity index (χ1v) is 8.65. The maximum atomic E-state index is 12.6. The molecule has 2 aromatic heterocycles. The lowest BCUT2D eigenvalue weighted by atomic mass is 10.2. The number of methoxy groups -OCH3 is 1. The van der Waals surface area contributed by atoms with Crippen molar-refractivity contribution >= 4 is 34.0 Å². The van der Waals surface area contributed by atoms with Crippen molar-refractivity contribution in [2.24, 2.45) is 0 Å². The van der Waals surface area contributed by atoms with Gasteiger partial charge in [0, 0.05) is 10.6 Å². The van der Waals surface area contributed by atoms with Crippen LogP contribution in [0.5, 0.6) is 5.75 Å². The van der Waals surface area contributed by atoms with Gasteiger partial charge in [-0.05, 0) is 35.9 Å². The van der Waals surface area contributed by atoms with Crippen molar-refractivity contribution < 1.29 is 4.74 Å². The number of nitrogens with zero attached hydrogens (tertiary/aromatic N) is 3. The van der Waals surface area contributed by atoms with E-state index in [1.54, 1.807) is 19.2 Å². The molecule has 25 heavy (non-hydrogen) atoms. The summed E-state index contributed by atoms with van der Waals surface area (Å²) in [6.07, 6.45) is 1.82. The van der Waals surface area contributed by atoms with Crippen LogP contribution in [0.25, 0.3) is 22.4 Å². The summed E-state index contributed by atoms with van der Waals surface area (Å²) in [5.41, 5.74) is 1.51. The number of benzene rings is 2. The van der Waals surface area contributed by atoms with Crippen molar-refractivity contribution in [3.63, 3.8) is 0 Å². The van der Waals surface area contributed by atoms with E-state index in [9.17, 15) is 4.79 Å². The second kappa shape index (κ2) is 6.31. The third-order valence-corrected chi connectivity index (χ3v) is 4.87. The molecule has 0 radical (unpaired) electrons. The van der Waals surface area contributed by atoms with Crippen LogP contribution in [0.15, 0.2) is 53.3 Å². The fourth-order valence-electron chi connectivity index (χ4n) is 2.44. The average Bonchev–Trinajstić information content (AvgIpc) is 3.16. The predicted octanol–water partition coefficient (Wildman–Crippen LogP) is 3.03. The lowest BCUT2D eigenvalue weighted by molar-refractivity contribution is 0.415. The zero-order valence-electron chi connectivity index (χ0n) is 13.1. The highest BCUT2D eigenvalue weighted by molar-refractivity contribution is 7.15. The minimum Gasteiger partial charge on any atom is -0.497 e. The van der Waals surface area contributed by atoms with Crippen molar-refractivity contribution in [2.45, 2.75) is 0 Å². The summed E-state index contributed by atoms with van der Waals surface area (Å²) in [6.45, 7) is 0. The van der Waals surface area contributed by atoms with E-state index in [4.69, 9.17) is 16.3 Å². The molecule has 4 rings (SSSR count). The van der Waals surface area contributed by atoms with Crippen LogP contribution in [0.4, 0.5) is 0 Å². The normalized spacial score (nSPS) is 12.0. The van der Waals surface area contributed by atoms with Crippen LogP contribution in [-0.2, 0) is 0 Å². The van der Waals surface area contributed by atoms with Gasteiger partial charge in [-0.1, -0.05) is 47.2 Å². The Labute approximate surface area is 151 Å². The molecule has 0 aliphatic heterocycles. The van der Waals surface area contributed by atoms with Gasteiger partial charge < -0.3 is 4.74 Å². The second-order valence-electron chi connectivity index (χ2n) is 5.33. The summed E-state index contributed by atoms with van der Waals surface area (Å²) >= 11 is 7.31. The zero-order chi connectivity index (χ0) is 17.4. The molecule has 0 amide bonds. The molecule has 0 spiro atoms. The van der Waals surface area contributed by atoms with E-state index >= 15 is 0 Å². The van der Waals surface area contributed by atoms with E-state index in [1.165, 1.54) is 15.9 Å². The molecule has 2 heterocycles. The predicted molar refractivity (Wildman–Crippen MR) is 99.4 cm³/mol. The van der Waals surface area contributed by atoms with Crippen molar-refractivity contribution in [1.29, 1.82) is 0 Å². The molecule has 0 bridgehead atoms. The van der Waals surface area contributed by atoms with Gasteiger partial charge in [-0.3, -0.25) is 4.79 Å². The third-order valence-electron chi connectivity index (χ3n) is 3.68. The minimum absolute atomic E-state index is 0.184. The van der Waals surface area contributed by atoms with Crippen LogP contribution in [0, 0.1) is 0 Å². The van der Waals surface area contributed by atoms with Crippen LogP contribution >= 0.6 is 22.9 Å². The highest BCUT2D eigenvalue weighted by Gasteiger charge is 2.12. The average molecular weight is 370 g/mol. The number of thiazole rings is 1. The Hall–Kier alpha value is -2.70. The van der Waals surface area contributed by atoms with Crippen molar-refractivity contribution in [3.05, 3.63) is 74.0 Å². The van der Waals surface area contributed by atoms with Crippen LogP contribution in [0.2, 0.25) is 5.02 Å². The van der Waals surface area contributed by atoms with Crippen LogP contribution < -0.4 is 14.8 Å². The van der Waals surface area contributed by atoms with Crippen molar-refractivity contribution in [2.75, 3.05) is 7.11 Å². The summed E-state index contributed by atoms with van der Waals surface area (Å²) in [7, 11) is 1.62. The maximum Gasteiger partial charge on any atom is 0.291 e. The Kier molecular flexibility index (Phi) is 3.99. The summed E-state index contributed by atoms with van der Waals surface area (Å²) in [6, 6.07) is 14.7. The molecular weight excluding hydrogens is 358 g/mol. The molecular formula is C18H12ClN3O2S. The van der Waals surface area contributed by atoms with E-state index in [0.717, 1.165) is 16.9 Å². The first-order chi connectivity index (χ1) is 12.1. The Morgan fingerprint density at radius 3 is 2.68 bits per heavy atom. The molecule has 0 unspecified atom stereocenters. The molecule has 0 fully saturated rings. The molecule has 0 saturated carbocycles. The quantitative estimate of drug-likeness (QED) is 0.557. The molecule has 0 atom stereocenters. The molecule has 124 valence electrons. The Morgan fingerprint density at radius 2 is 2.00 bits per heavy atom. The Bertz CT molecular complexity index is 1170. The Morgan fingerprint density at radius 1 is 1.20 bits per heavy atom. The number of aromatic nitrogens is 3. The van der Waals surface area contributed by atoms with Gasteiger partial charge in [-0.25, -0.2) is 0 Å². The van der Waals surface area contributed by atoms with Crippen LogP contribution in [0.3, 0.4) is 0 Å². The monoisotopic (exact) mass is 369 g/mol. The molecule has 5 nitrogen and oxygen atoms in total. The summed E-state index contributed by atoms with van der Waals surface area (Å²) in [5.74, 6) is 1.26. The lowest BCUT2D eigenvalue weighted by Gasteiger charge is -1.98. The summed E-state index contributed by atoms with van der Waals surface area (Å²) in [4.78, 5) is 17.6.